The Balaban J connectivity index is 1.64. The van der Waals surface area contributed by atoms with Crippen molar-refractivity contribution in [1.29, 1.82) is 0 Å². The molecule has 1 saturated heterocycles. The Morgan fingerprint density at radius 1 is 0.931 bits per heavy atom. The maximum Gasteiger partial charge on any atom is 0.229 e. The van der Waals surface area contributed by atoms with Crippen molar-refractivity contribution in [2.24, 2.45) is 0 Å². The summed E-state index contributed by atoms with van der Waals surface area (Å²) in [5.74, 6) is 0.344. The number of benzene rings is 2. The summed E-state index contributed by atoms with van der Waals surface area (Å²) in [6, 6.07) is 14.8. The van der Waals surface area contributed by atoms with Gasteiger partial charge >= 0.3 is 0 Å². The summed E-state index contributed by atoms with van der Waals surface area (Å²) in [6.45, 7) is 0. The van der Waals surface area contributed by atoms with Crippen LogP contribution in [0.3, 0.4) is 0 Å². The summed E-state index contributed by atoms with van der Waals surface area (Å²) in [4.78, 5) is 10.3. The number of ether oxygens (including phenoxy) is 2. The molecule has 29 heavy (non-hydrogen) atoms. The van der Waals surface area contributed by atoms with Crippen molar-refractivity contribution in [2.75, 3.05) is 6.16 Å². The van der Waals surface area contributed by atoms with Gasteiger partial charge in [-0.25, -0.2) is 0 Å². The van der Waals surface area contributed by atoms with E-state index in [1.807, 2.05) is 0 Å². The van der Waals surface area contributed by atoms with Crippen molar-refractivity contribution in [1.82, 2.24) is 0 Å². The molecule has 1 unspecified atom stereocenters. The second-order valence-corrected chi connectivity index (χ2v) is 9.55. The number of phenolic OH excluding ortho intramolecular Hbond substituents is 1. The van der Waals surface area contributed by atoms with Gasteiger partial charge in [0, 0.05) is 11.7 Å². The predicted octanol–water partition coefficient (Wildman–Crippen LogP) is 1.44. The van der Waals surface area contributed by atoms with Gasteiger partial charge in [-0.1, -0.05) is 36.4 Å². The molecule has 0 radical (unpaired) electrons. The van der Waals surface area contributed by atoms with Crippen LogP contribution in [0.1, 0.15) is 12.0 Å². The third-order valence-electron chi connectivity index (χ3n) is 4.84. The third-order valence-corrected chi connectivity index (χ3v) is 6.63. The minimum absolute atomic E-state index is 0.0407. The summed E-state index contributed by atoms with van der Waals surface area (Å²) in [7, 11) is -3.69. The first-order chi connectivity index (χ1) is 13.8. The van der Waals surface area contributed by atoms with Crippen LogP contribution in [-0.2, 0) is 15.5 Å². The predicted molar refractivity (Wildman–Crippen MR) is 105 cm³/mol. The van der Waals surface area contributed by atoms with Gasteiger partial charge in [-0.15, -0.1) is 0 Å². The van der Waals surface area contributed by atoms with Crippen LogP contribution in [0.4, 0.5) is 0 Å². The summed E-state index contributed by atoms with van der Waals surface area (Å²) in [6.07, 6.45) is -7.17. The van der Waals surface area contributed by atoms with E-state index in [-0.39, 0.29) is 24.5 Å². The molecule has 0 spiro atoms. The summed E-state index contributed by atoms with van der Waals surface area (Å²) in [5.41, 5.74) is 0.351. The quantitative estimate of drug-likeness (QED) is 0.421. The van der Waals surface area contributed by atoms with Gasteiger partial charge in [-0.3, -0.25) is 4.57 Å². The first-order valence-corrected chi connectivity index (χ1v) is 11.3. The lowest BCUT2D eigenvalue weighted by atomic mass is 9.97. The molecule has 0 aromatic heterocycles. The highest BCUT2D eigenvalue weighted by molar-refractivity contribution is 7.57. The molecule has 5 N–H and O–H groups in total. The number of aromatic hydroxyl groups is 1. The second kappa shape index (κ2) is 9.26. The Morgan fingerprint density at radius 2 is 1.59 bits per heavy atom. The molecule has 2 aromatic rings. The van der Waals surface area contributed by atoms with E-state index in [1.165, 1.54) is 6.07 Å². The zero-order chi connectivity index (χ0) is 21.0. The second-order valence-electron chi connectivity index (χ2n) is 7.09. The van der Waals surface area contributed by atoms with Gasteiger partial charge in [0.25, 0.3) is 0 Å². The van der Waals surface area contributed by atoms with Gasteiger partial charge in [0.05, 0.1) is 12.3 Å². The standard InChI is InChI=1S/C20H25O8P/c21-15-9-5-4-6-13(15)12-29(25,26)11-10-16-17(22)18(23)19(24)20(28-16)27-14-7-2-1-3-8-14/h1-9,16-24H,10-12H2,(H,25,26)/t16-,17-,18+,19+,20+/m1/s1. The van der Waals surface area contributed by atoms with E-state index >= 15 is 0 Å². The first kappa shape index (κ1) is 21.8. The Labute approximate surface area is 168 Å². The summed E-state index contributed by atoms with van der Waals surface area (Å²) in [5, 5.41) is 40.3. The molecule has 0 saturated carbocycles. The molecule has 1 heterocycles. The van der Waals surface area contributed by atoms with E-state index < -0.39 is 38.1 Å². The first-order valence-electron chi connectivity index (χ1n) is 9.26. The van der Waals surface area contributed by atoms with Crippen LogP contribution in [0.2, 0.25) is 0 Å². The van der Waals surface area contributed by atoms with Crippen molar-refractivity contribution in [3.63, 3.8) is 0 Å². The van der Waals surface area contributed by atoms with Crippen molar-refractivity contribution in [3.05, 3.63) is 60.2 Å². The van der Waals surface area contributed by atoms with Crippen LogP contribution in [0, 0.1) is 0 Å². The van der Waals surface area contributed by atoms with Crippen LogP contribution in [0.25, 0.3) is 0 Å². The molecule has 9 heteroatoms. The van der Waals surface area contributed by atoms with Crippen LogP contribution in [0.5, 0.6) is 11.5 Å². The van der Waals surface area contributed by atoms with E-state index in [4.69, 9.17) is 9.47 Å². The highest BCUT2D eigenvalue weighted by Crippen LogP contribution is 2.47. The number of hydrogen-bond donors (Lipinski definition) is 5. The molecule has 3 rings (SSSR count). The fourth-order valence-corrected chi connectivity index (χ4v) is 4.82. The van der Waals surface area contributed by atoms with E-state index in [2.05, 4.69) is 0 Å². The van der Waals surface area contributed by atoms with Gasteiger partial charge in [0.2, 0.25) is 13.7 Å². The maximum absolute atomic E-state index is 12.6. The van der Waals surface area contributed by atoms with Crippen molar-refractivity contribution in [3.8, 4) is 11.5 Å². The molecule has 158 valence electrons. The lowest BCUT2D eigenvalue weighted by Gasteiger charge is -2.40. The average Bonchev–Trinajstić information content (AvgIpc) is 2.70. The number of hydrogen-bond acceptors (Lipinski definition) is 7. The third kappa shape index (κ3) is 5.57. The zero-order valence-corrected chi connectivity index (χ0v) is 16.5. The minimum atomic E-state index is -3.69. The zero-order valence-electron chi connectivity index (χ0n) is 15.6. The minimum Gasteiger partial charge on any atom is -0.508 e. The number of phenols is 1. The fraction of sp³-hybridized carbons (Fsp3) is 0.400. The SMILES string of the molecule is O=P(O)(CC[C@H]1O[C@H](Oc2ccccc2)[C@@H](O)[C@@H](O)[C@@H]1O)Cc1ccccc1O. The average molecular weight is 424 g/mol. The van der Waals surface area contributed by atoms with Crippen LogP contribution in [-0.4, -0.2) is 62.2 Å². The number of aliphatic hydroxyl groups is 3. The summed E-state index contributed by atoms with van der Waals surface area (Å²) >= 11 is 0. The van der Waals surface area contributed by atoms with E-state index in [0.717, 1.165) is 0 Å². The highest BCUT2D eigenvalue weighted by atomic mass is 31.2. The van der Waals surface area contributed by atoms with Crippen LogP contribution < -0.4 is 4.74 Å². The lowest BCUT2D eigenvalue weighted by molar-refractivity contribution is -0.272. The van der Waals surface area contributed by atoms with Crippen molar-refractivity contribution < 1.29 is 39.4 Å². The Kier molecular flexibility index (Phi) is 6.95. The van der Waals surface area contributed by atoms with Crippen LogP contribution >= 0.6 is 7.37 Å². The smallest absolute Gasteiger partial charge is 0.229 e. The number of para-hydroxylation sites is 2. The fourth-order valence-electron chi connectivity index (χ4n) is 3.20. The van der Waals surface area contributed by atoms with Crippen molar-refractivity contribution >= 4 is 7.37 Å². The van der Waals surface area contributed by atoms with Gasteiger partial charge in [-0.05, 0) is 24.6 Å². The van der Waals surface area contributed by atoms with E-state index in [1.54, 1.807) is 48.5 Å². The van der Waals surface area contributed by atoms with Gasteiger partial charge in [-0.2, -0.15) is 0 Å². The molecule has 0 aliphatic carbocycles. The largest absolute Gasteiger partial charge is 0.508 e. The monoisotopic (exact) mass is 424 g/mol. The Morgan fingerprint density at radius 3 is 2.28 bits per heavy atom. The molecule has 0 amide bonds. The maximum atomic E-state index is 12.6. The molecule has 0 bridgehead atoms. The molecule has 2 aromatic carbocycles. The lowest BCUT2D eigenvalue weighted by Crippen LogP contribution is -2.59. The normalized spacial score (nSPS) is 29.2. The van der Waals surface area contributed by atoms with E-state index in [9.17, 15) is 29.9 Å². The topological polar surface area (TPSA) is 137 Å². The van der Waals surface area contributed by atoms with Crippen molar-refractivity contribution in [2.45, 2.75) is 43.3 Å². The highest BCUT2D eigenvalue weighted by Gasteiger charge is 2.45. The molecule has 1 fully saturated rings. The van der Waals surface area contributed by atoms with E-state index in [0.29, 0.717) is 11.3 Å². The van der Waals surface area contributed by atoms with Gasteiger partial charge in [0.15, 0.2) is 0 Å². The summed E-state index contributed by atoms with van der Waals surface area (Å²) < 4.78 is 23.7. The number of aliphatic hydroxyl groups excluding tert-OH is 3. The van der Waals surface area contributed by atoms with Gasteiger partial charge < -0.3 is 34.8 Å². The molecule has 1 aliphatic rings. The Hall–Kier alpha value is -1.93. The van der Waals surface area contributed by atoms with Gasteiger partial charge in [0.1, 0.15) is 29.8 Å². The number of rotatable bonds is 7. The molecular formula is C20H25O8P. The molecule has 6 atom stereocenters. The molecular weight excluding hydrogens is 399 g/mol. The molecule has 1 aliphatic heterocycles. The molecule has 8 nitrogen and oxygen atoms in total. The Bertz CT molecular complexity index is 845. The van der Waals surface area contributed by atoms with Crippen LogP contribution in [0.15, 0.2) is 54.6 Å².